The van der Waals surface area contributed by atoms with Crippen molar-refractivity contribution in [2.75, 3.05) is 6.54 Å². The minimum Gasteiger partial charge on any atom is -0.352 e. The molecule has 1 aliphatic rings. The Balaban J connectivity index is 2.06. The molecule has 0 saturated carbocycles. The number of hydrogen-bond acceptors (Lipinski definition) is 3. The normalized spacial score (nSPS) is 15.1. The van der Waals surface area contributed by atoms with E-state index in [1.54, 1.807) is 13.8 Å². The molecule has 2 rings (SSSR count). The number of rotatable bonds is 7. The van der Waals surface area contributed by atoms with E-state index in [1.165, 1.54) is 12.0 Å². The van der Waals surface area contributed by atoms with Crippen molar-refractivity contribution >= 4 is 15.9 Å². The predicted octanol–water partition coefficient (Wildman–Crippen LogP) is 3.13. The summed E-state index contributed by atoms with van der Waals surface area (Å²) in [5, 5.41) is 2.67. The van der Waals surface area contributed by atoms with Crippen LogP contribution in [-0.4, -0.2) is 26.9 Å². The van der Waals surface area contributed by atoms with E-state index in [4.69, 9.17) is 0 Å². The van der Waals surface area contributed by atoms with Crippen LogP contribution in [0, 0.1) is 5.82 Å². The van der Waals surface area contributed by atoms with Gasteiger partial charge in [0.2, 0.25) is 10.0 Å². The highest BCUT2D eigenvalue weighted by Crippen LogP contribution is 2.20. The van der Waals surface area contributed by atoms with E-state index in [1.807, 2.05) is 0 Å². The maximum Gasteiger partial charge on any atom is 0.254 e. The lowest BCUT2D eigenvalue weighted by Gasteiger charge is -2.14. The molecular weight excluding hydrogens is 343 g/mol. The largest absolute Gasteiger partial charge is 0.352 e. The van der Waals surface area contributed by atoms with Gasteiger partial charge in [-0.15, -0.1) is 0 Å². The molecule has 0 aromatic heterocycles. The van der Waals surface area contributed by atoms with Crippen LogP contribution in [-0.2, 0) is 10.0 Å². The summed E-state index contributed by atoms with van der Waals surface area (Å²) in [7, 11) is -3.78. The van der Waals surface area contributed by atoms with Gasteiger partial charge in [-0.3, -0.25) is 4.79 Å². The molecule has 0 bridgehead atoms. The van der Waals surface area contributed by atoms with Gasteiger partial charge in [0.1, 0.15) is 5.82 Å². The monoisotopic (exact) mass is 368 g/mol. The number of allylic oxidation sites excluding steroid dienone is 1. The van der Waals surface area contributed by atoms with Crippen LogP contribution in [0.2, 0.25) is 0 Å². The average Bonchev–Trinajstić information content (AvgIpc) is 2.54. The van der Waals surface area contributed by atoms with Gasteiger partial charge in [0.25, 0.3) is 5.91 Å². The first-order chi connectivity index (χ1) is 11.8. The lowest BCUT2D eigenvalue weighted by atomic mass is 9.97. The molecule has 1 aromatic rings. The van der Waals surface area contributed by atoms with Crippen molar-refractivity contribution in [1.82, 2.24) is 10.0 Å². The predicted molar refractivity (Wildman–Crippen MR) is 95.4 cm³/mol. The molecule has 0 fully saturated rings. The molecule has 138 valence electrons. The van der Waals surface area contributed by atoms with Crippen molar-refractivity contribution in [1.29, 1.82) is 0 Å². The van der Waals surface area contributed by atoms with Gasteiger partial charge in [-0.25, -0.2) is 17.5 Å². The van der Waals surface area contributed by atoms with Crippen LogP contribution in [0.5, 0.6) is 0 Å². The highest BCUT2D eigenvalue weighted by Gasteiger charge is 2.20. The fraction of sp³-hybridized carbons (Fsp3) is 0.500. The molecule has 0 atom stereocenters. The zero-order chi connectivity index (χ0) is 18.4. The maximum atomic E-state index is 14.0. The lowest BCUT2D eigenvalue weighted by Crippen LogP contribution is -2.31. The van der Waals surface area contributed by atoms with Gasteiger partial charge >= 0.3 is 0 Å². The summed E-state index contributed by atoms with van der Waals surface area (Å²) in [5.74, 6) is -1.34. The second-order valence-corrected chi connectivity index (χ2v) is 8.25. The average molecular weight is 368 g/mol. The summed E-state index contributed by atoms with van der Waals surface area (Å²) in [6.07, 6.45) is 7.41. The molecule has 0 saturated heterocycles. The third-order valence-corrected chi connectivity index (χ3v) is 5.66. The van der Waals surface area contributed by atoms with Crippen LogP contribution in [0.25, 0.3) is 0 Å². The minimum absolute atomic E-state index is 0.122. The fourth-order valence-corrected chi connectivity index (χ4v) is 4.06. The fourth-order valence-electron chi connectivity index (χ4n) is 2.79. The molecule has 0 heterocycles. The molecular formula is C18H25FN2O3S. The molecule has 1 aromatic carbocycles. The number of hydrogen-bond donors (Lipinski definition) is 2. The molecule has 1 aliphatic carbocycles. The lowest BCUT2D eigenvalue weighted by molar-refractivity contribution is 0.0949. The number of benzene rings is 1. The summed E-state index contributed by atoms with van der Waals surface area (Å²) in [6.45, 7) is 3.79. The van der Waals surface area contributed by atoms with E-state index in [0.29, 0.717) is 6.54 Å². The van der Waals surface area contributed by atoms with Gasteiger partial charge in [-0.05, 0) is 64.2 Å². The summed E-state index contributed by atoms with van der Waals surface area (Å²) >= 11 is 0. The summed E-state index contributed by atoms with van der Waals surface area (Å²) < 4.78 is 40.7. The van der Waals surface area contributed by atoms with E-state index in [-0.39, 0.29) is 16.5 Å². The molecule has 0 aliphatic heterocycles. The molecule has 0 unspecified atom stereocenters. The van der Waals surface area contributed by atoms with Crippen molar-refractivity contribution in [3.8, 4) is 0 Å². The molecule has 25 heavy (non-hydrogen) atoms. The topological polar surface area (TPSA) is 75.3 Å². The number of amides is 1. The molecule has 1 amide bonds. The highest BCUT2D eigenvalue weighted by atomic mass is 32.2. The Kier molecular flexibility index (Phi) is 6.72. The van der Waals surface area contributed by atoms with E-state index >= 15 is 0 Å². The Morgan fingerprint density at radius 3 is 2.68 bits per heavy atom. The minimum atomic E-state index is -3.78. The first-order valence-electron chi connectivity index (χ1n) is 8.57. The molecule has 0 spiro atoms. The van der Waals surface area contributed by atoms with Crippen LogP contribution < -0.4 is 10.0 Å². The van der Waals surface area contributed by atoms with Crippen molar-refractivity contribution in [2.45, 2.75) is 56.9 Å². The van der Waals surface area contributed by atoms with Crippen molar-refractivity contribution in [3.05, 3.63) is 41.2 Å². The van der Waals surface area contributed by atoms with E-state index in [9.17, 15) is 17.6 Å². The number of carbonyl (C=O) groups is 1. The molecule has 7 heteroatoms. The Bertz CT molecular complexity index is 758. The Morgan fingerprint density at radius 2 is 2.04 bits per heavy atom. The third kappa shape index (κ3) is 5.64. The van der Waals surface area contributed by atoms with Crippen LogP contribution in [0.15, 0.2) is 34.7 Å². The van der Waals surface area contributed by atoms with Crippen molar-refractivity contribution < 1.29 is 17.6 Å². The zero-order valence-corrected chi connectivity index (χ0v) is 15.5. The number of sulfonamides is 1. The zero-order valence-electron chi connectivity index (χ0n) is 14.6. The van der Waals surface area contributed by atoms with Gasteiger partial charge in [0.05, 0.1) is 10.5 Å². The number of halogens is 1. The highest BCUT2D eigenvalue weighted by molar-refractivity contribution is 7.89. The summed E-state index contributed by atoms with van der Waals surface area (Å²) in [6, 6.07) is 2.95. The van der Waals surface area contributed by atoms with Gasteiger partial charge in [0.15, 0.2) is 0 Å². The van der Waals surface area contributed by atoms with Crippen LogP contribution in [0.4, 0.5) is 4.39 Å². The van der Waals surface area contributed by atoms with E-state index in [2.05, 4.69) is 16.1 Å². The van der Waals surface area contributed by atoms with E-state index < -0.39 is 21.7 Å². The Morgan fingerprint density at radius 1 is 1.28 bits per heavy atom. The van der Waals surface area contributed by atoms with Crippen molar-refractivity contribution in [2.24, 2.45) is 0 Å². The number of nitrogens with one attached hydrogen (secondary N) is 2. The van der Waals surface area contributed by atoms with Crippen LogP contribution in [0.1, 0.15) is 56.3 Å². The molecule has 5 nitrogen and oxygen atoms in total. The SMILES string of the molecule is CC(C)NS(=O)(=O)c1ccc(F)c(C(=O)NCCC2=CCCCC2)c1. The third-order valence-electron chi connectivity index (χ3n) is 4.00. The standard InChI is InChI=1S/C18H25FN2O3S/c1-13(2)21-25(23,24)15-8-9-17(19)16(12-15)18(22)20-11-10-14-6-4-3-5-7-14/h6,8-9,12-13,21H,3-5,7,10-11H2,1-2H3,(H,20,22). The maximum absolute atomic E-state index is 14.0. The van der Waals surface area contributed by atoms with Crippen LogP contribution >= 0.6 is 0 Å². The Hall–Kier alpha value is -1.73. The van der Waals surface area contributed by atoms with Gasteiger partial charge in [-0.2, -0.15) is 0 Å². The number of carbonyl (C=O) groups excluding carboxylic acids is 1. The van der Waals surface area contributed by atoms with Gasteiger partial charge in [0, 0.05) is 12.6 Å². The molecule has 0 radical (unpaired) electrons. The second-order valence-electron chi connectivity index (χ2n) is 6.53. The molecule has 2 N–H and O–H groups in total. The van der Waals surface area contributed by atoms with Crippen molar-refractivity contribution in [3.63, 3.8) is 0 Å². The summed E-state index contributed by atoms with van der Waals surface area (Å²) in [5.41, 5.74) is 1.05. The second kappa shape index (κ2) is 8.58. The quantitative estimate of drug-likeness (QED) is 0.726. The van der Waals surface area contributed by atoms with E-state index in [0.717, 1.165) is 43.9 Å². The first-order valence-corrected chi connectivity index (χ1v) is 10.1. The van der Waals surface area contributed by atoms with Gasteiger partial charge < -0.3 is 5.32 Å². The first kappa shape index (κ1) is 19.6. The smallest absolute Gasteiger partial charge is 0.254 e. The summed E-state index contributed by atoms with van der Waals surface area (Å²) in [4.78, 5) is 12.1. The Labute approximate surface area is 148 Å². The van der Waals surface area contributed by atoms with Crippen LogP contribution in [0.3, 0.4) is 0 Å². The van der Waals surface area contributed by atoms with Gasteiger partial charge in [-0.1, -0.05) is 11.6 Å².